The Morgan fingerprint density at radius 2 is 1.86 bits per heavy atom. The Labute approximate surface area is 159 Å². The molecule has 0 unspecified atom stereocenters. The normalized spacial score (nSPS) is 10.7. The van der Waals surface area contributed by atoms with Crippen LogP contribution >= 0.6 is 0 Å². The molecule has 0 spiro atoms. The zero-order chi connectivity index (χ0) is 19.9. The fourth-order valence-electron chi connectivity index (χ4n) is 2.57. The first kappa shape index (κ1) is 19.3. The van der Waals surface area contributed by atoms with E-state index in [0.717, 1.165) is 17.7 Å². The maximum absolute atomic E-state index is 13.9. The monoisotopic (exact) mass is 390 g/mol. The number of hydrogen-bond acceptors (Lipinski definition) is 3. The fourth-order valence-corrected chi connectivity index (χ4v) is 2.57. The Hall–Kier alpha value is -3.42. The predicted octanol–water partition coefficient (Wildman–Crippen LogP) is 5.25. The maximum Gasteiger partial charge on any atom is 0.387 e. The van der Waals surface area contributed by atoms with Gasteiger partial charge in [0, 0.05) is 18.3 Å². The minimum absolute atomic E-state index is 0.113. The Morgan fingerprint density at radius 1 is 1.07 bits per heavy atom. The van der Waals surface area contributed by atoms with Gasteiger partial charge in [-0.25, -0.2) is 9.18 Å². The summed E-state index contributed by atoms with van der Waals surface area (Å²) < 4.78 is 47.7. The highest BCUT2D eigenvalue weighted by atomic mass is 19.3. The van der Waals surface area contributed by atoms with Gasteiger partial charge in [0.15, 0.2) is 11.6 Å². The van der Waals surface area contributed by atoms with Gasteiger partial charge in [-0.05, 0) is 29.8 Å². The molecule has 1 aromatic heterocycles. The summed E-state index contributed by atoms with van der Waals surface area (Å²) >= 11 is 0. The lowest BCUT2D eigenvalue weighted by molar-refractivity contribution is -0.0521. The van der Waals surface area contributed by atoms with Gasteiger partial charge in [0.2, 0.25) is 0 Å². The van der Waals surface area contributed by atoms with E-state index >= 15 is 0 Å². The molecule has 0 saturated heterocycles. The van der Waals surface area contributed by atoms with Crippen molar-refractivity contribution in [3.63, 3.8) is 0 Å². The van der Waals surface area contributed by atoms with Gasteiger partial charge in [-0.3, -0.25) is 0 Å². The average molecular weight is 390 g/mol. The standard InChI is InChI=1S/C20H17F3N2O3/c21-17-11-15(8-9-18(17)28-19(22)23)24-20(26)25(13-16-7-4-10-27-16)12-14-5-2-1-3-6-14/h1-11,19H,12-13H2,(H,24,26). The molecule has 3 aromatic rings. The van der Waals surface area contributed by atoms with Gasteiger partial charge in [0.25, 0.3) is 0 Å². The second-order valence-corrected chi connectivity index (χ2v) is 5.87. The Morgan fingerprint density at radius 3 is 2.50 bits per heavy atom. The molecule has 0 fully saturated rings. The van der Waals surface area contributed by atoms with Crippen LogP contribution in [0.25, 0.3) is 0 Å². The van der Waals surface area contributed by atoms with Crippen molar-refractivity contribution in [2.45, 2.75) is 19.7 Å². The van der Waals surface area contributed by atoms with Crippen molar-refractivity contribution in [1.29, 1.82) is 0 Å². The second kappa shape index (κ2) is 8.98. The van der Waals surface area contributed by atoms with E-state index in [0.29, 0.717) is 12.3 Å². The third-order valence-corrected chi connectivity index (χ3v) is 3.83. The zero-order valence-electron chi connectivity index (χ0n) is 14.6. The van der Waals surface area contributed by atoms with Crippen LogP contribution in [0.2, 0.25) is 0 Å². The van der Waals surface area contributed by atoms with Crippen molar-refractivity contribution in [1.82, 2.24) is 4.90 Å². The molecule has 2 amide bonds. The first-order valence-electron chi connectivity index (χ1n) is 8.38. The molecule has 28 heavy (non-hydrogen) atoms. The molecule has 0 aliphatic carbocycles. The molecule has 8 heteroatoms. The number of halogens is 3. The van der Waals surface area contributed by atoms with E-state index < -0.39 is 24.2 Å². The summed E-state index contributed by atoms with van der Waals surface area (Å²) in [7, 11) is 0. The minimum atomic E-state index is -3.13. The topological polar surface area (TPSA) is 54.7 Å². The summed E-state index contributed by atoms with van der Waals surface area (Å²) in [5.41, 5.74) is 1.01. The van der Waals surface area contributed by atoms with Crippen LogP contribution in [0, 0.1) is 5.82 Å². The number of rotatable bonds is 7. The summed E-state index contributed by atoms with van der Waals surface area (Å²) in [6, 6.07) is 15.5. The first-order valence-corrected chi connectivity index (χ1v) is 8.38. The lowest BCUT2D eigenvalue weighted by Crippen LogP contribution is -2.34. The third-order valence-electron chi connectivity index (χ3n) is 3.83. The van der Waals surface area contributed by atoms with Gasteiger partial charge >= 0.3 is 12.6 Å². The number of furan rings is 1. The van der Waals surface area contributed by atoms with E-state index in [1.807, 2.05) is 30.3 Å². The van der Waals surface area contributed by atoms with Gasteiger partial charge in [0.05, 0.1) is 12.8 Å². The molecule has 0 aliphatic rings. The van der Waals surface area contributed by atoms with Crippen molar-refractivity contribution in [2.24, 2.45) is 0 Å². The van der Waals surface area contributed by atoms with E-state index in [-0.39, 0.29) is 12.2 Å². The van der Waals surface area contributed by atoms with Crippen LogP contribution in [0.4, 0.5) is 23.7 Å². The summed E-state index contributed by atoms with van der Waals surface area (Å²) in [4.78, 5) is 14.2. The SMILES string of the molecule is O=C(Nc1ccc(OC(F)F)c(F)c1)N(Cc1ccccc1)Cc1ccco1. The van der Waals surface area contributed by atoms with E-state index in [9.17, 15) is 18.0 Å². The summed E-state index contributed by atoms with van der Waals surface area (Å²) in [5, 5.41) is 2.56. The number of carbonyl (C=O) groups excluding carboxylic acids is 1. The lowest BCUT2D eigenvalue weighted by Gasteiger charge is -2.22. The highest BCUT2D eigenvalue weighted by Crippen LogP contribution is 2.23. The van der Waals surface area contributed by atoms with Gasteiger partial charge < -0.3 is 19.4 Å². The summed E-state index contributed by atoms with van der Waals surface area (Å²) in [6.45, 7) is -2.64. The quantitative estimate of drug-likeness (QED) is 0.599. The lowest BCUT2D eigenvalue weighted by atomic mass is 10.2. The summed E-state index contributed by atoms with van der Waals surface area (Å²) in [5.74, 6) is -1.01. The molecule has 1 N–H and O–H groups in total. The highest BCUT2D eigenvalue weighted by Gasteiger charge is 2.17. The Kier molecular flexibility index (Phi) is 6.21. The Balaban J connectivity index is 1.74. The number of ether oxygens (including phenoxy) is 1. The van der Waals surface area contributed by atoms with Crippen molar-refractivity contribution in [2.75, 3.05) is 5.32 Å². The molecule has 0 atom stereocenters. The van der Waals surface area contributed by atoms with Gasteiger partial charge in [0.1, 0.15) is 5.76 Å². The molecule has 0 bridgehead atoms. The van der Waals surface area contributed by atoms with Crippen molar-refractivity contribution in [3.05, 3.63) is 84.1 Å². The van der Waals surface area contributed by atoms with Gasteiger partial charge in [-0.15, -0.1) is 0 Å². The van der Waals surface area contributed by atoms with Crippen molar-refractivity contribution < 1.29 is 27.1 Å². The number of amides is 2. The maximum atomic E-state index is 13.9. The molecular weight excluding hydrogens is 373 g/mol. The molecule has 0 saturated carbocycles. The predicted molar refractivity (Wildman–Crippen MR) is 96.4 cm³/mol. The molecule has 0 radical (unpaired) electrons. The number of benzene rings is 2. The van der Waals surface area contributed by atoms with Gasteiger partial charge in [-0.2, -0.15) is 8.78 Å². The van der Waals surface area contributed by atoms with Crippen LogP contribution in [0.3, 0.4) is 0 Å². The van der Waals surface area contributed by atoms with Crippen LogP contribution in [-0.4, -0.2) is 17.5 Å². The number of hydrogen-bond donors (Lipinski definition) is 1. The van der Waals surface area contributed by atoms with Crippen LogP contribution in [0.1, 0.15) is 11.3 Å². The van der Waals surface area contributed by atoms with E-state index in [2.05, 4.69) is 10.1 Å². The highest BCUT2D eigenvalue weighted by molar-refractivity contribution is 5.89. The molecule has 0 aliphatic heterocycles. The molecule has 146 valence electrons. The van der Waals surface area contributed by atoms with E-state index in [1.165, 1.54) is 17.2 Å². The number of carbonyl (C=O) groups is 1. The second-order valence-electron chi connectivity index (χ2n) is 5.87. The van der Waals surface area contributed by atoms with Crippen molar-refractivity contribution in [3.8, 4) is 5.75 Å². The van der Waals surface area contributed by atoms with E-state index in [4.69, 9.17) is 4.42 Å². The molecular formula is C20H17F3N2O3. The molecule has 5 nitrogen and oxygen atoms in total. The van der Waals surface area contributed by atoms with Crippen LogP contribution in [0.15, 0.2) is 71.3 Å². The van der Waals surface area contributed by atoms with Crippen LogP contribution in [0.5, 0.6) is 5.75 Å². The smallest absolute Gasteiger partial charge is 0.387 e. The van der Waals surface area contributed by atoms with Crippen LogP contribution < -0.4 is 10.1 Å². The number of alkyl halides is 2. The molecule has 1 heterocycles. The average Bonchev–Trinajstić information content (AvgIpc) is 3.17. The number of nitrogens with zero attached hydrogens (tertiary/aromatic N) is 1. The van der Waals surface area contributed by atoms with Gasteiger partial charge in [-0.1, -0.05) is 30.3 Å². The largest absolute Gasteiger partial charge is 0.467 e. The first-order chi connectivity index (χ1) is 13.5. The van der Waals surface area contributed by atoms with E-state index in [1.54, 1.807) is 12.1 Å². The number of nitrogens with one attached hydrogen (secondary N) is 1. The number of anilines is 1. The minimum Gasteiger partial charge on any atom is -0.467 e. The summed E-state index contributed by atoms with van der Waals surface area (Å²) in [6.07, 6.45) is 1.51. The van der Waals surface area contributed by atoms with Crippen LogP contribution in [-0.2, 0) is 13.1 Å². The molecule has 2 aromatic carbocycles. The number of urea groups is 1. The van der Waals surface area contributed by atoms with Crippen molar-refractivity contribution >= 4 is 11.7 Å². The molecule has 3 rings (SSSR count). The zero-order valence-corrected chi connectivity index (χ0v) is 14.6. The Bertz CT molecular complexity index is 902. The third kappa shape index (κ3) is 5.29. The fraction of sp³-hybridized carbons (Fsp3) is 0.150.